The number of pyridine rings is 1. The van der Waals surface area contributed by atoms with Crippen LogP contribution in [0, 0.1) is 21.8 Å². The van der Waals surface area contributed by atoms with Gasteiger partial charge in [-0.3, -0.25) is 0 Å². The molecule has 2 aromatic rings. The van der Waals surface area contributed by atoms with Gasteiger partial charge in [0, 0.05) is 5.69 Å². The van der Waals surface area contributed by atoms with E-state index in [0.717, 1.165) is 9.26 Å². The molecule has 84 valence electrons. The highest BCUT2D eigenvalue weighted by Crippen LogP contribution is 2.27. The molecule has 0 saturated heterocycles. The molecule has 0 radical (unpaired) electrons. The van der Waals surface area contributed by atoms with Crippen LogP contribution in [-0.2, 0) is 0 Å². The third kappa shape index (κ3) is 2.74. The summed E-state index contributed by atoms with van der Waals surface area (Å²) >= 11 is 2.18. The van der Waals surface area contributed by atoms with Crippen molar-refractivity contribution in [2.45, 2.75) is 6.92 Å². The van der Waals surface area contributed by atoms with Gasteiger partial charge in [0.2, 0.25) is 5.88 Å². The van der Waals surface area contributed by atoms with Gasteiger partial charge in [0.25, 0.3) is 0 Å². The van der Waals surface area contributed by atoms with Crippen LogP contribution in [0.2, 0.25) is 0 Å². The maximum absolute atomic E-state index is 8.98. The summed E-state index contributed by atoms with van der Waals surface area (Å²) in [6.07, 6.45) is 0. The lowest BCUT2D eigenvalue weighted by atomic mass is 10.2. The van der Waals surface area contributed by atoms with E-state index in [1.54, 1.807) is 12.1 Å². The molecule has 0 atom stereocenters. The zero-order chi connectivity index (χ0) is 12.3. The Hall–Kier alpha value is -1.61. The van der Waals surface area contributed by atoms with Crippen LogP contribution in [0.25, 0.3) is 0 Å². The van der Waals surface area contributed by atoms with Crippen molar-refractivity contribution in [3.8, 4) is 17.7 Å². The lowest BCUT2D eigenvalue weighted by molar-refractivity contribution is 0.457. The third-order valence-electron chi connectivity index (χ3n) is 2.16. The highest BCUT2D eigenvalue weighted by Gasteiger charge is 2.08. The second kappa shape index (κ2) is 5.15. The van der Waals surface area contributed by atoms with Crippen molar-refractivity contribution in [3.63, 3.8) is 0 Å². The maximum Gasteiger partial charge on any atom is 0.237 e. The molecule has 17 heavy (non-hydrogen) atoms. The average molecular weight is 336 g/mol. The Bertz CT molecular complexity index is 590. The van der Waals surface area contributed by atoms with Gasteiger partial charge in [-0.05, 0) is 53.8 Å². The van der Waals surface area contributed by atoms with E-state index < -0.39 is 0 Å². The zero-order valence-corrected chi connectivity index (χ0v) is 11.3. The molecule has 3 nitrogen and oxygen atoms in total. The van der Waals surface area contributed by atoms with Crippen molar-refractivity contribution in [1.29, 1.82) is 5.26 Å². The topological polar surface area (TPSA) is 45.9 Å². The van der Waals surface area contributed by atoms with Crippen molar-refractivity contribution in [3.05, 3.63) is 51.2 Å². The smallest absolute Gasteiger partial charge is 0.237 e. The number of aromatic nitrogens is 1. The quantitative estimate of drug-likeness (QED) is 0.787. The van der Waals surface area contributed by atoms with E-state index in [-0.39, 0.29) is 0 Å². The number of hydrogen-bond acceptors (Lipinski definition) is 3. The number of para-hydroxylation sites is 1. The van der Waals surface area contributed by atoms with Crippen LogP contribution >= 0.6 is 22.6 Å². The summed E-state index contributed by atoms with van der Waals surface area (Å²) in [5.74, 6) is 1.07. The molecule has 1 aromatic heterocycles. The fraction of sp³-hybridized carbons (Fsp3) is 0.0769. The van der Waals surface area contributed by atoms with Gasteiger partial charge in [-0.25, -0.2) is 4.98 Å². The number of ether oxygens (including phenoxy) is 1. The molecule has 0 fully saturated rings. The molecule has 1 aromatic carbocycles. The van der Waals surface area contributed by atoms with Crippen LogP contribution in [-0.4, -0.2) is 4.98 Å². The number of nitriles is 1. The highest BCUT2D eigenvalue weighted by molar-refractivity contribution is 14.1. The molecule has 0 amide bonds. The van der Waals surface area contributed by atoms with Crippen molar-refractivity contribution in [1.82, 2.24) is 4.98 Å². The highest BCUT2D eigenvalue weighted by atomic mass is 127. The zero-order valence-electron chi connectivity index (χ0n) is 9.14. The molecule has 0 aliphatic heterocycles. The summed E-state index contributed by atoms with van der Waals surface area (Å²) in [6.45, 7) is 1.87. The first-order valence-electron chi connectivity index (χ1n) is 5.01. The molecular formula is C13H9IN2O. The van der Waals surface area contributed by atoms with E-state index in [4.69, 9.17) is 10.00 Å². The van der Waals surface area contributed by atoms with E-state index >= 15 is 0 Å². The first-order valence-corrected chi connectivity index (χ1v) is 6.08. The molecule has 4 heteroatoms. The van der Waals surface area contributed by atoms with E-state index in [9.17, 15) is 0 Å². The summed E-state index contributed by atoms with van der Waals surface area (Å²) in [6, 6.07) is 13.2. The van der Waals surface area contributed by atoms with Gasteiger partial charge in [-0.1, -0.05) is 12.1 Å². The lowest BCUT2D eigenvalue weighted by Crippen LogP contribution is -1.94. The second-order valence-corrected chi connectivity index (χ2v) is 4.61. The number of benzene rings is 1. The van der Waals surface area contributed by atoms with E-state index in [1.807, 2.05) is 31.2 Å². The van der Waals surface area contributed by atoms with Crippen molar-refractivity contribution >= 4 is 22.6 Å². The van der Waals surface area contributed by atoms with Crippen LogP contribution in [0.3, 0.4) is 0 Å². The first kappa shape index (κ1) is 11.9. The normalized spacial score (nSPS) is 9.71. The molecular weight excluding hydrogens is 327 g/mol. The predicted molar refractivity (Wildman–Crippen MR) is 72.9 cm³/mol. The molecule has 2 rings (SSSR count). The number of halogens is 1. The van der Waals surface area contributed by atoms with Gasteiger partial charge in [0.15, 0.2) is 0 Å². The van der Waals surface area contributed by atoms with Gasteiger partial charge in [0.05, 0.1) is 3.57 Å². The molecule has 1 heterocycles. The minimum atomic E-state index is 0.358. The molecule has 0 saturated carbocycles. The Morgan fingerprint density at radius 2 is 2.00 bits per heavy atom. The largest absolute Gasteiger partial charge is 0.437 e. The van der Waals surface area contributed by atoms with Crippen LogP contribution in [0.4, 0.5) is 0 Å². The Balaban J connectivity index is 2.40. The molecule has 0 bridgehead atoms. The monoisotopic (exact) mass is 336 g/mol. The Kier molecular flexibility index (Phi) is 3.59. The SMILES string of the molecule is Cc1ccc(C#N)c(Oc2ccccc2I)n1. The molecule has 0 N–H and O–H groups in total. The predicted octanol–water partition coefficient (Wildman–Crippen LogP) is 3.66. The first-order chi connectivity index (χ1) is 8.20. The van der Waals surface area contributed by atoms with Crippen LogP contribution in [0.5, 0.6) is 11.6 Å². The minimum absolute atomic E-state index is 0.358. The van der Waals surface area contributed by atoms with E-state index in [2.05, 4.69) is 33.6 Å². The molecule has 0 aliphatic carbocycles. The fourth-order valence-corrected chi connectivity index (χ4v) is 1.82. The standard InChI is InChI=1S/C13H9IN2O/c1-9-6-7-10(8-15)13(16-9)17-12-5-3-2-4-11(12)14/h2-7H,1H3. The van der Waals surface area contributed by atoms with Crippen molar-refractivity contribution < 1.29 is 4.74 Å². The van der Waals surface area contributed by atoms with Gasteiger partial charge in [0.1, 0.15) is 17.4 Å². The molecule has 0 aliphatic rings. The van der Waals surface area contributed by atoms with Crippen molar-refractivity contribution in [2.75, 3.05) is 0 Å². The average Bonchev–Trinajstić information content (AvgIpc) is 2.32. The summed E-state index contributed by atoms with van der Waals surface area (Å²) in [5.41, 5.74) is 1.26. The van der Waals surface area contributed by atoms with Gasteiger partial charge in [-0.15, -0.1) is 0 Å². The third-order valence-corrected chi connectivity index (χ3v) is 3.05. The molecule has 0 unspecified atom stereocenters. The minimum Gasteiger partial charge on any atom is -0.437 e. The van der Waals surface area contributed by atoms with Crippen LogP contribution in [0.15, 0.2) is 36.4 Å². The Morgan fingerprint density at radius 1 is 1.24 bits per heavy atom. The Labute approximate surface area is 113 Å². The summed E-state index contributed by atoms with van der Waals surface area (Å²) in [5, 5.41) is 8.98. The second-order valence-electron chi connectivity index (χ2n) is 3.45. The van der Waals surface area contributed by atoms with Gasteiger partial charge < -0.3 is 4.74 Å². The van der Waals surface area contributed by atoms with Crippen LogP contribution < -0.4 is 4.74 Å². The van der Waals surface area contributed by atoms with Gasteiger partial charge in [-0.2, -0.15) is 5.26 Å². The summed E-state index contributed by atoms with van der Waals surface area (Å²) < 4.78 is 6.65. The van der Waals surface area contributed by atoms with Crippen molar-refractivity contribution in [2.24, 2.45) is 0 Å². The number of nitrogens with zero attached hydrogens (tertiary/aromatic N) is 2. The lowest BCUT2D eigenvalue weighted by Gasteiger charge is -2.08. The number of hydrogen-bond donors (Lipinski definition) is 0. The van der Waals surface area contributed by atoms with Gasteiger partial charge >= 0.3 is 0 Å². The van der Waals surface area contributed by atoms with E-state index in [0.29, 0.717) is 17.2 Å². The van der Waals surface area contributed by atoms with E-state index in [1.165, 1.54) is 0 Å². The molecule has 0 spiro atoms. The number of rotatable bonds is 2. The number of aryl methyl sites for hydroxylation is 1. The fourth-order valence-electron chi connectivity index (χ4n) is 1.33. The van der Waals surface area contributed by atoms with Crippen LogP contribution in [0.1, 0.15) is 11.3 Å². The summed E-state index contributed by atoms with van der Waals surface area (Å²) in [7, 11) is 0. The maximum atomic E-state index is 8.98. The summed E-state index contributed by atoms with van der Waals surface area (Å²) in [4.78, 5) is 4.23. The Morgan fingerprint density at radius 3 is 2.71 bits per heavy atom.